The smallest absolute Gasteiger partial charge is 0.410 e. The number of carbonyl (C=O) groups excluding carboxylic acids is 1. The predicted octanol–water partition coefficient (Wildman–Crippen LogP) is 4.50. The minimum atomic E-state index is -0.510. The lowest BCUT2D eigenvalue weighted by Crippen LogP contribution is -2.50. The molecule has 0 radical (unpaired) electrons. The number of anilines is 1. The van der Waals surface area contributed by atoms with Crippen LogP contribution in [0.3, 0.4) is 0 Å². The third-order valence-electron chi connectivity index (χ3n) is 7.01. The number of carbonyl (C=O) groups is 1. The number of pyridine rings is 2. The van der Waals surface area contributed by atoms with Crippen molar-refractivity contribution in [1.82, 2.24) is 35.5 Å². The summed E-state index contributed by atoms with van der Waals surface area (Å²) in [6.45, 7) is 8.11. The highest BCUT2D eigenvalue weighted by molar-refractivity contribution is 5.71. The van der Waals surface area contributed by atoms with Gasteiger partial charge in [-0.05, 0) is 62.6 Å². The molecule has 1 aliphatic heterocycles. The van der Waals surface area contributed by atoms with Gasteiger partial charge in [0.25, 0.3) is 0 Å². The number of rotatable bonds is 5. The first kappa shape index (κ1) is 25.1. The van der Waals surface area contributed by atoms with Crippen molar-refractivity contribution in [3.8, 4) is 22.6 Å². The van der Waals surface area contributed by atoms with E-state index in [0.717, 1.165) is 34.8 Å². The summed E-state index contributed by atoms with van der Waals surface area (Å²) in [5.41, 5.74) is 3.32. The largest absolute Gasteiger partial charge is 0.444 e. The molecule has 10 heteroatoms. The number of amides is 1. The summed E-state index contributed by atoms with van der Waals surface area (Å²) in [5, 5.41) is 14.7. The minimum Gasteiger partial charge on any atom is -0.444 e. The van der Waals surface area contributed by atoms with Crippen molar-refractivity contribution >= 4 is 11.9 Å². The van der Waals surface area contributed by atoms with Gasteiger partial charge >= 0.3 is 6.09 Å². The van der Waals surface area contributed by atoms with Crippen molar-refractivity contribution in [2.24, 2.45) is 5.92 Å². The normalized spacial score (nSPS) is 17.2. The van der Waals surface area contributed by atoms with Gasteiger partial charge < -0.3 is 14.5 Å². The van der Waals surface area contributed by atoms with Crippen molar-refractivity contribution in [3.05, 3.63) is 36.2 Å². The van der Waals surface area contributed by atoms with E-state index in [1.54, 1.807) is 4.90 Å². The molecule has 196 valence electrons. The van der Waals surface area contributed by atoms with E-state index in [1.165, 1.54) is 32.1 Å². The summed E-state index contributed by atoms with van der Waals surface area (Å²) in [5.74, 6) is 2.06. The fraction of sp³-hybridized carbons (Fsp3) is 0.556. The number of nitrogens with one attached hydrogen (secondary N) is 1. The molecule has 1 aliphatic carbocycles. The second-order valence-corrected chi connectivity index (χ2v) is 11.0. The first-order chi connectivity index (χ1) is 17.8. The molecule has 3 aromatic heterocycles. The van der Waals surface area contributed by atoms with Gasteiger partial charge in [-0.3, -0.25) is 4.98 Å². The number of H-pyrrole nitrogens is 1. The number of hydrogen-bond acceptors (Lipinski definition) is 8. The Kier molecular flexibility index (Phi) is 7.34. The first-order valence-electron chi connectivity index (χ1n) is 13.3. The van der Waals surface area contributed by atoms with Crippen molar-refractivity contribution in [2.45, 2.75) is 64.9 Å². The maximum absolute atomic E-state index is 12.5. The van der Waals surface area contributed by atoms with Crippen LogP contribution in [0.15, 0.2) is 30.5 Å². The Morgan fingerprint density at radius 1 is 1.05 bits per heavy atom. The highest BCUT2D eigenvalue weighted by atomic mass is 16.6. The molecule has 0 unspecified atom stereocenters. The molecule has 1 amide bonds. The number of nitrogens with zero attached hydrogens (tertiary/aromatic N) is 7. The Balaban J connectivity index is 1.38. The van der Waals surface area contributed by atoms with Crippen molar-refractivity contribution in [1.29, 1.82) is 0 Å². The van der Waals surface area contributed by atoms with Crippen LogP contribution in [0, 0.1) is 5.92 Å². The zero-order chi connectivity index (χ0) is 25.8. The summed E-state index contributed by atoms with van der Waals surface area (Å²) < 4.78 is 5.55. The summed E-state index contributed by atoms with van der Waals surface area (Å²) in [7, 11) is 0. The van der Waals surface area contributed by atoms with Gasteiger partial charge in [-0.2, -0.15) is 5.21 Å². The van der Waals surface area contributed by atoms with Gasteiger partial charge in [0.1, 0.15) is 11.4 Å². The van der Waals surface area contributed by atoms with Gasteiger partial charge in [0, 0.05) is 49.2 Å². The van der Waals surface area contributed by atoms with E-state index in [-0.39, 0.29) is 6.09 Å². The van der Waals surface area contributed by atoms with Gasteiger partial charge in [0.15, 0.2) is 0 Å². The third kappa shape index (κ3) is 6.42. The Bertz CT molecular complexity index is 1190. The number of hydrogen-bond donors (Lipinski definition) is 1. The molecule has 0 spiro atoms. The molecule has 2 fully saturated rings. The molecule has 0 aromatic carbocycles. The quantitative estimate of drug-likeness (QED) is 0.540. The molecule has 0 atom stereocenters. The van der Waals surface area contributed by atoms with E-state index < -0.39 is 5.60 Å². The molecule has 3 aromatic rings. The molecular weight excluding hydrogens is 468 g/mol. The lowest BCUT2D eigenvalue weighted by molar-refractivity contribution is 0.0240. The zero-order valence-electron chi connectivity index (χ0n) is 22.0. The summed E-state index contributed by atoms with van der Waals surface area (Å²) in [4.78, 5) is 26.2. The van der Waals surface area contributed by atoms with Gasteiger partial charge in [-0.1, -0.05) is 32.1 Å². The summed E-state index contributed by atoms with van der Waals surface area (Å²) in [6.07, 6.45) is 9.20. The maximum atomic E-state index is 12.5. The van der Waals surface area contributed by atoms with Crippen LogP contribution in [0.2, 0.25) is 0 Å². The van der Waals surface area contributed by atoms with E-state index in [1.807, 2.05) is 45.2 Å². The Morgan fingerprint density at radius 3 is 2.54 bits per heavy atom. The maximum Gasteiger partial charge on any atom is 0.410 e. The topological polar surface area (TPSA) is 113 Å². The predicted molar refractivity (Wildman–Crippen MR) is 141 cm³/mol. The van der Waals surface area contributed by atoms with Crippen LogP contribution in [-0.2, 0) is 11.2 Å². The average Bonchev–Trinajstić information content (AvgIpc) is 3.44. The molecule has 10 nitrogen and oxygen atoms in total. The molecule has 1 saturated carbocycles. The molecule has 1 saturated heterocycles. The Morgan fingerprint density at radius 2 is 1.84 bits per heavy atom. The molecule has 2 aliphatic rings. The standard InChI is InChI=1S/C27H36N8O2/c1-27(2,3)37-26(36)35-13-11-34(12-14-35)24-18-21(25-30-32-33-31-25)17-23(29-24)20-9-10-28-22(16-20)15-19-7-5-4-6-8-19/h9-10,16-19H,4-8,11-15H2,1-3H3,(H,30,31,32,33). The molecule has 4 heterocycles. The number of piperazine rings is 1. The van der Waals surface area contributed by atoms with Crippen LogP contribution in [0.25, 0.3) is 22.6 Å². The SMILES string of the molecule is CC(C)(C)OC(=O)N1CCN(c2cc(-c3nn[nH]n3)cc(-c3ccnc(CC4CCCCC4)c3)n2)CC1. The van der Waals surface area contributed by atoms with Crippen LogP contribution in [0.5, 0.6) is 0 Å². The van der Waals surface area contributed by atoms with E-state index >= 15 is 0 Å². The fourth-order valence-corrected chi connectivity index (χ4v) is 5.12. The van der Waals surface area contributed by atoms with Crippen LogP contribution in [0.4, 0.5) is 10.6 Å². The number of aromatic amines is 1. The zero-order valence-corrected chi connectivity index (χ0v) is 22.0. The lowest BCUT2D eigenvalue weighted by Gasteiger charge is -2.36. The Hall–Kier alpha value is -3.56. The number of aromatic nitrogens is 6. The number of ether oxygens (including phenoxy) is 1. The molecule has 1 N–H and O–H groups in total. The highest BCUT2D eigenvalue weighted by Crippen LogP contribution is 2.30. The van der Waals surface area contributed by atoms with E-state index in [0.29, 0.717) is 37.9 Å². The van der Waals surface area contributed by atoms with E-state index in [2.05, 4.69) is 36.6 Å². The van der Waals surface area contributed by atoms with Gasteiger partial charge in [0.05, 0.1) is 5.69 Å². The minimum absolute atomic E-state index is 0.274. The second kappa shape index (κ2) is 10.8. The van der Waals surface area contributed by atoms with Gasteiger partial charge in [0.2, 0.25) is 5.82 Å². The fourth-order valence-electron chi connectivity index (χ4n) is 5.12. The molecule has 37 heavy (non-hydrogen) atoms. The van der Waals surface area contributed by atoms with Gasteiger partial charge in [-0.15, -0.1) is 10.2 Å². The monoisotopic (exact) mass is 504 g/mol. The lowest BCUT2D eigenvalue weighted by atomic mass is 9.86. The Labute approximate surface area is 217 Å². The summed E-state index contributed by atoms with van der Waals surface area (Å²) >= 11 is 0. The average molecular weight is 505 g/mol. The van der Waals surface area contributed by atoms with Crippen molar-refractivity contribution in [2.75, 3.05) is 31.1 Å². The van der Waals surface area contributed by atoms with Crippen LogP contribution >= 0.6 is 0 Å². The van der Waals surface area contributed by atoms with Crippen molar-refractivity contribution < 1.29 is 9.53 Å². The second-order valence-electron chi connectivity index (χ2n) is 11.0. The van der Waals surface area contributed by atoms with Gasteiger partial charge in [-0.25, -0.2) is 9.78 Å². The van der Waals surface area contributed by atoms with Crippen molar-refractivity contribution in [3.63, 3.8) is 0 Å². The number of tetrazole rings is 1. The first-order valence-corrected chi connectivity index (χ1v) is 13.3. The van der Waals surface area contributed by atoms with E-state index in [9.17, 15) is 4.79 Å². The third-order valence-corrected chi connectivity index (χ3v) is 7.01. The molecule has 0 bridgehead atoms. The molecular formula is C27H36N8O2. The van der Waals surface area contributed by atoms with Crippen LogP contribution in [0.1, 0.15) is 58.6 Å². The summed E-state index contributed by atoms with van der Waals surface area (Å²) in [6, 6.07) is 8.17. The molecule has 5 rings (SSSR count). The highest BCUT2D eigenvalue weighted by Gasteiger charge is 2.27. The van der Waals surface area contributed by atoms with Crippen LogP contribution in [-0.4, -0.2) is 73.4 Å². The van der Waals surface area contributed by atoms with Crippen LogP contribution < -0.4 is 4.90 Å². The van der Waals surface area contributed by atoms with E-state index in [4.69, 9.17) is 9.72 Å².